The van der Waals surface area contributed by atoms with E-state index in [-0.39, 0.29) is 24.1 Å². The van der Waals surface area contributed by atoms with Crippen molar-refractivity contribution in [2.24, 2.45) is 0 Å². The van der Waals surface area contributed by atoms with E-state index in [1.54, 1.807) is 17.0 Å². The molecule has 0 bridgehead atoms. The average molecular weight is 594 g/mol. The van der Waals surface area contributed by atoms with Gasteiger partial charge in [0.2, 0.25) is 11.8 Å². The lowest BCUT2D eigenvalue weighted by molar-refractivity contribution is -0.139. The molecule has 4 nitrogen and oxygen atoms in total. The van der Waals surface area contributed by atoms with Crippen LogP contribution in [-0.2, 0) is 28.3 Å². The van der Waals surface area contributed by atoms with E-state index < -0.39 is 6.04 Å². The van der Waals surface area contributed by atoms with Crippen LogP contribution in [0.15, 0.2) is 77.3 Å². The third-order valence-corrected chi connectivity index (χ3v) is 7.62. The first-order valence-electron chi connectivity index (χ1n) is 11.2. The van der Waals surface area contributed by atoms with Gasteiger partial charge in [-0.15, -0.1) is 11.8 Å². The number of hydrogen-bond acceptors (Lipinski definition) is 3. The van der Waals surface area contributed by atoms with Crippen molar-refractivity contribution < 1.29 is 9.59 Å². The minimum Gasteiger partial charge on any atom is -0.355 e. The van der Waals surface area contributed by atoms with Crippen LogP contribution in [0.1, 0.15) is 23.6 Å². The molecule has 1 unspecified atom stereocenters. The SMILES string of the molecule is CCNC(=O)C(Cc1ccccc1)N(Cc1ccc(Cl)c(Cl)c1)C(=O)CSCc1ccc(Br)cc1. The summed E-state index contributed by atoms with van der Waals surface area (Å²) < 4.78 is 1.01. The molecule has 3 aromatic rings. The van der Waals surface area contributed by atoms with E-state index in [0.29, 0.717) is 28.8 Å². The molecule has 0 saturated carbocycles. The van der Waals surface area contributed by atoms with Crippen LogP contribution >= 0.6 is 50.9 Å². The van der Waals surface area contributed by atoms with Crippen molar-refractivity contribution in [3.05, 3.63) is 104 Å². The van der Waals surface area contributed by atoms with Gasteiger partial charge >= 0.3 is 0 Å². The van der Waals surface area contributed by atoms with Crippen LogP contribution < -0.4 is 5.32 Å². The Balaban J connectivity index is 1.84. The number of rotatable bonds is 11. The third kappa shape index (κ3) is 8.57. The molecule has 0 spiro atoms. The summed E-state index contributed by atoms with van der Waals surface area (Å²) in [5.41, 5.74) is 2.93. The highest BCUT2D eigenvalue weighted by Crippen LogP contribution is 2.25. The Morgan fingerprint density at radius 1 is 0.943 bits per heavy atom. The zero-order valence-electron chi connectivity index (χ0n) is 19.3. The van der Waals surface area contributed by atoms with Crippen LogP contribution in [-0.4, -0.2) is 35.1 Å². The van der Waals surface area contributed by atoms with E-state index in [9.17, 15) is 9.59 Å². The first kappa shape index (κ1) is 27.6. The number of amides is 2. The molecule has 1 N–H and O–H groups in total. The fourth-order valence-electron chi connectivity index (χ4n) is 3.60. The molecule has 0 radical (unpaired) electrons. The Morgan fingerprint density at radius 3 is 2.29 bits per heavy atom. The summed E-state index contributed by atoms with van der Waals surface area (Å²) in [5, 5.41) is 3.77. The molecule has 0 heterocycles. The van der Waals surface area contributed by atoms with Crippen molar-refractivity contribution in [2.45, 2.75) is 31.7 Å². The van der Waals surface area contributed by atoms with E-state index in [1.165, 1.54) is 11.8 Å². The van der Waals surface area contributed by atoms with Gasteiger partial charge in [0.05, 0.1) is 15.8 Å². The van der Waals surface area contributed by atoms with Crippen LogP contribution in [0.2, 0.25) is 10.0 Å². The summed E-state index contributed by atoms with van der Waals surface area (Å²) in [6.45, 7) is 2.61. The second-order valence-electron chi connectivity index (χ2n) is 7.99. The van der Waals surface area contributed by atoms with E-state index in [2.05, 4.69) is 21.2 Å². The van der Waals surface area contributed by atoms with Gasteiger partial charge in [-0.1, -0.05) is 87.7 Å². The van der Waals surface area contributed by atoms with Gasteiger partial charge < -0.3 is 10.2 Å². The fraction of sp³-hybridized carbons (Fsp3) is 0.259. The first-order chi connectivity index (χ1) is 16.9. The van der Waals surface area contributed by atoms with Crippen molar-refractivity contribution in [1.82, 2.24) is 10.2 Å². The van der Waals surface area contributed by atoms with Gasteiger partial charge in [-0.05, 0) is 47.9 Å². The molecule has 184 valence electrons. The van der Waals surface area contributed by atoms with Gasteiger partial charge in [0.1, 0.15) is 6.04 Å². The highest BCUT2D eigenvalue weighted by Gasteiger charge is 2.30. The third-order valence-electron chi connectivity index (χ3n) is 5.37. The molecule has 3 rings (SSSR count). The van der Waals surface area contributed by atoms with Crippen molar-refractivity contribution >= 4 is 62.7 Å². The van der Waals surface area contributed by atoms with Crippen molar-refractivity contribution in [1.29, 1.82) is 0 Å². The molecule has 0 aromatic heterocycles. The number of halogens is 3. The van der Waals surface area contributed by atoms with Gasteiger partial charge in [0.25, 0.3) is 0 Å². The molecule has 0 aliphatic carbocycles. The van der Waals surface area contributed by atoms with Crippen LogP contribution in [0.4, 0.5) is 0 Å². The number of thioether (sulfide) groups is 1. The molecule has 1 atom stereocenters. The second-order valence-corrected chi connectivity index (χ2v) is 10.7. The predicted octanol–water partition coefficient (Wildman–Crippen LogP) is 6.77. The lowest BCUT2D eigenvalue weighted by Crippen LogP contribution is -2.51. The number of hydrogen-bond donors (Lipinski definition) is 1. The maximum Gasteiger partial charge on any atom is 0.243 e. The minimum absolute atomic E-state index is 0.106. The lowest BCUT2D eigenvalue weighted by atomic mass is 10.0. The van der Waals surface area contributed by atoms with Crippen LogP contribution in [0.5, 0.6) is 0 Å². The normalized spacial score (nSPS) is 11.7. The fourth-order valence-corrected chi connectivity index (χ4v) is 5.06. The van der Waals surface area contributed by atoms with Crippen molar-refractivity contribution in [3.8, 4) is 0 Å². The lowest BCUT2D eigenvalue weighted by Gasteiger charge is -2.31. The summed E-state index contributed by atoms with van der Waals surface area (Å²) in [7, 11) is 0. The largest absolute Gasteiger partial charge is 0.355 e. The maximum atomic E-state index is 13.5. The predicted molar refractivity (Wildman–Crippen MR) is 150 cm³/mol. The Labute approximate surface area is 229 Å². The Kier molecular flexibility index (Phi) is 11.0. The molecule has 3 aromatic carbocycles. The van der Waals surface area contributed by atoms with Crippen molar-refractivity contribution in [2.75, 3.05) is 12.3 Å². The quantitative estimate of drug-likeness (QED) is 0.267. The smallest absolute Gasteiger partial charge is 0.243 e. The van der Waals surface area contributed by atoms with Gasteiger partial charge in [0, 0.05) is 29.7 Å². The first-order valence-corrected chi connectivity index (χ1v) is 13.9. The minimum atomic E-state index is -0.660. The maximum absolute atomic E-state index is 13.5. The molecule has 35 heavy (non-hydrogen) atoms. The summed E-state index contributed by atoms with van der Waals surface area (Å²) in [6, 6.07) is 22.4. The molecule has 8 heteroatoms. The molecule has 0 fully saturated rings. The molecular formula is C27H27BrCl2N2O2S. The zero-order chi connectivity index (χ0) is 25.2. The van der Waals surface area contributed by atoms with E-state index in [4.69, 9.17) is 23.2 Å². The van der Waals surface area contributed by atoms with Crippen LogP contribution in [0.3, 0.4) is 0 Å². The molecule has 0 aliphatic rings. The summed E-state index contributed by atoms with van der Waals surface area (Å²) >= 11 is 17.3. The zero-order valence-corrected chi connectivity index (χ0v) is 23.3. The number of nitrogens with zero attached hydrogens (tertiary/aromatic N) is 1. The number of nitrogens with one attached hydrogen (secondary N) is 1. The van der Waals surface area contributed by atoms with Gasteiger partial charge in [-0.25, -0.2) is 0 Å². The number of carbonyl (C=O) groups is 2. The molecule has 0 aliphatic heterocycles. The highest BCUT2D eigenvalue weighted by molar-refractivity contribution is 9.10. The molecular weight excluding hydrogens is 567 g/mol. The average Bonchev–Trinajstić information content (AvgIpc) is 2.85. The Hall–Kier alpha value is -1.99. The van der Waals surface area contributed by atoms with Crippen molar-refractivity contribution in [3.63, 3.8) is 0 Å². The van der Waals surface area contributed by atoms with E-state index >= 15 is 0 Å². The standard InChI is InChI=1S/C27H27BrCl2N2O2S/c1-2-31-27(34)25(15-19-6-4-3-5-7-19)32(16-21-10-13-23(29)24(30)14-21)26(33)18-35-17-20-8-11-22(28)12-9-20/h3-14,25H,2,15-18H2,1H3,(H,31,34). The summed E-state index contributed by atoms with van der Waals surface area (Å²) in [6.07, 6.45) is 0.414. The van der Waals surface area contributed by atoms with Gasteiger partial charge in [0.15, 0.2) is 0 Å². The van der Waals surface area contributed by atoms with Gasteiger partial charge in [-0.2, -0.15) is 0 Å². The van der Waals surface area contributed by atoms with E-state index in [1.807, 2.05) is 67.6 Å². The number of likely N-dealkylation sites (N-methyl/N-ethyl adjacent to an activating group) is 1. The van der Waals surface area contributed by atoms with E-state index in [0.717, 1.165) is 21.2 Å². The summed E-state index contributed by atoms with van der Waals surface area (Å²) in [4.78, 5) is 28.4. The van der Waals surface area contributed by atoms with Gasteiger partial charge in [-0.3, -0.25) is 9.59 Å². The number of benzene rings is 3. The molecule has 2 amide bonds. The van der Waals surface area contributed by atoms with Crippen LogP contribution in [0.25, 0.3) is 0 Å². The summed E-state index contributed by atoms with van der Waals surface area (Å²) in [5.74, 6) is 0.666. The molecule has 0 saturated heterocycles. The monoisotopic (exact) mass is 592 g/mol. The topological polar surface area (TPSA) is 49.4 Å². The highest BCUT2D eigenvalue weighted by atomic mass is 79.9. The Bertz CT molecular complexity index is 1130. The van der Waals surface area contributed by atoms with Crippen LogP contribution in [0, 0.1) is 0 Å². The number of carbonyl (C=O) groups excluding carboxylic acids is 2. The Morgan fingerprint density at radius 2 is 1.63 bits per heavy atom. The second kappa shape index (κ2) is 13.9.